The van der Waals surface area contributed by atoms with Crippen LogP contribution in [0.4, 0.5) is 0 Å². The van der Waals surface area contributed by atoms with Crippen LogP contribution < -0.4 is 0 Å². The van der Waals surface area contributed by atoms with E-state index < -0.39 is 9.84 Å². The van der Waals surface area contributed by atoms with Crippen LogP contribution in [0.25, 0.3) is 10.8 Å². The van der Waals surface area contributed by atoms with Crippen molar-refractivity contribution >= 4 is 20.6 Å². The van der Waals surface area contributed by atoms with Crippen LogP contribution >= 0.6 is 0 Å². The van der Waals surface area contributed by atoms with Gasteiger partial charge in [-0.1, -0.05) is 30.3 Å². The summed E-state index contributed by atoms with van der Waals surface area (Å²) in [6.07, 6.45) is 4.28. The zero-order valence-electron chi connectivity index (χ0n) is 12.9. The van der Waals surface area contributed by atoms with E-state index in [9.17, 15) is 8.42 Å². The molecule has 1 aliphatic heterocycles. The minimum Gasteiger partial charge on any atom is -0.303 e. The normalized spacial score (nSPS) is 16.4. The van der Waals surface area contributed by atoms with Crippen LogP contribution in [0.15, 0.2) is 47.4 Å². The molecule has 22 heavy (non-hydrogen) atoms. The fraction of sp³-hybridized carbons (Fsp3) is 0.444. The smallest absolute Gasteiger partial charge is 0.178 e. The number of nitrogens with zero attached hydrogens (tertiary/aromatic N) is 1. The Morgan fingerprint density at radius 2 is 1.64 bits per heavy atom. The molecule has 0 unspecified atom stereocenters. The first-order valence-electron chi connectivity index (χ1n) is 8.09. The molecule has 0 radical (unpaired) electrons. The van der Waals surface area contributed by atoms with Gasteiger partial charge >= 0.3 is 0 Å². The van der Waals surface area contributed by atoms with Gasteiger partial charge in [-0.3, -0.25) is 0 Å². The van der Waals surface area contributed by atoms with Crippen LogP contribution in [0.1, 0.15) is 25.7 Å². The molecular weight excluding hydrogens is 294 g/mol. The number of fused-ring (bicyclic) bond motifs is 1. The van der Waals surface area contributed by atoms with Crippen LogP contribution in [-0.2, 0) is 9.84 Å². The van der Waals surface area contributed by atoms with E-state index in [1.54, 1.807) is 12.1 Å². The Labute approximate surface area is 132 Å². The summed E-state index contributed by atoms with van der Waals surface area (Å²) >= 11 is 0. The maximum atomic E-state index is 12.5. The summed E-state index contributed by atoms with van der Waals surface area (Å²) in [6.45, 7) is 3.39. The number of rotatable bonds is 6. The van der Waals surface area contributed by atoms with Crippen molar-refractivity contribution in [3.63, 3.8) is 0 Å². The van der Waals surface area contributed by atoms with Gasteiger partial charge in [0.15, 0.2) is 9.84 Å². The van der Waals surface area contributed by atoms with Gasteiger partial charge in [0.25, 0.3) is 0 Å². The Hall–Kier alpha value is -1.39. The summed E-state index contributed by atoms with van der Waals surface area (Å²) in [5, 5.41) is 2.07. The van der Waals surface area contributed by atoms with E-state index in [0.717, 1.165) is 30.2 Å². The van der Waals surface area contributed by atoms with Gasteiger partial charge in [-0.25, -0.2) is 8.42 Å². The number of hydrogen-bond donors (Lipinski definition) is 0. The summed E-state index contributed by atoms with van der Waals surface area (Å²) in [6, 6.07) is 13.3. The molecule has 1 fully saturated rings. The molecule has 3 rings (SSSR count). The van der Waals surface area contributed by atoms with Gasteiger partial charge in [-0.2, -0.15) is 0 Å². The fourth-order valence-corrected chi connectivity index (χ4v) is 4.51. The first kappa shape index (κ1) is 15.5. The Morgan fingerprint density at radius 3 is 2.41 bits per heavy atom. The van der Waals surface area contributed by atoms with Crippen LogP contribution in [0.3, 0.4) is 0 Å². The number of likely N-dealkylation sites (tertiary alicyclic amines) is 1. The third kappa shape index (κ3) is 3.68. The molecule has 0 aliphatic carbocycles. The van der Waals surface area contributed by atoms with E-state index in [0.29, 0.717) is 4.90 Å². The second kappa shape index (κ2) is 6.80. The van der Waals surface area contributed by atoms with Crippen molar-refractivity contribution < 1.29 is 8.42 Å². The monoisotopic (exact) mass is 317 g/mol. The maximum absolute atomic E-state index is 12.5. The van der Waals surface area contributed by atoms with Crippen LogP contribution in [0.2, 0.25) is 0 Å². The molecular formula is C18H23NO2S. The van der Waals surface area contributed by atoms with Crippen molar-refractivity contribution in [1.82, 2.24) is 4.90 Å². The quantitative estimate of drug-likeness (QED) is 0.765. The summed E-state index contributed by atoms with van der Waals surface area (Å²) < 4.78 is 24.9. The number of sulfone groups is 1. The number of unbranched alkanes of at least 4 members (excludes halogenated alkanes) is 1. The summed E-state index contributed by atoms with van der Waals surface area (Å²) in [5.41, 5.74) is 0. The Morgan fingerprint density at radius 1 is 0.909 bits per heavy atom. The molecule has 0 N–H and O–H groups in total. The maximum Gasteiger partial charge on any atom is 0.178 e. The zero-order chi connectivity index (χ0) is 15.4. The van der Waals surface area contributed by atoms with E-state index >= 15 is 0 Å². The largest absolute Gasteiger partial charge is 0.303 e. The van der Waals surface area contributed by atoms with Gasteiger partial charge in [0.05, 0.1) is 10.6 Å². The molecule has 1 aliphatic rings. The molecule has 1 saturated heterocycles. The van der Waals surface area contributed by atoms with Crippen molar-refractivity contribution in [1.29, 1.82) is 0 Å². The molecule has 4 heteroatoms. The molecule has 3 nitrogen and oxygen atoms in total. The molecule has 2 aromatic rings. The number of benzene rings is 2. The SMILES string of the molecule is O=S(=O)(CCCCN1CCCC1)c1ccc2ccccc2c1. The first-order chi connectivity index (χ1) is 10.6. The topological polar surface area (TPSA) is 37.4 Å². The summed E-state index contributed by atoms with van der Waals surface area (Å²) in [5.74, 6) is 0.249. The molecule has 2 aromatic carbocycles. The molecule has 0 saturated carbocycles. The standard InChI is InChI=1S/C18H23NO2S/c20-22(21,14-6-5-13-19-11-3-4-12-19)18-10-9-16-7-1-2-8-17(16)15-18/h1-2,7-10,15H,3-6,11-14H2. The molecule has 0 amide bonds. The second-order valence-electron chi connectivity index (χ2n) is 6.08. The average Bonchev–Trinajstić information content (AvgIpc) is 3.04. The molecule has 0 aromatic heterocycles. The van der Waals surface area contributed by atoms with Gasteiger partial charge < -0.3 is 4.90 Å². The van der Waals surface area contributed by atoms with Gasteiger partial charge in [0, 0.05) is 0 Å². The minimum absolute atomic E-state index is 0.249. The fourth-order valence-electron chi connectivity index (χ4n) is 3.11. The predicted octanol–water partition coefficient (Wildman–Crippen LogP) is 3.49. The summed E-state index contributed by atoms with van der Waals surface area (Å²) in [7, 11) is -3.17. The molecule has 1 heterocycles. The highest BCUT2D eigenvalue weighted by atomic mass is 32.2. The van der Waals surface area contributed by atoms with E-state index in [2.05, 4.69) is 4.90 Å². The van der Waals surface area contributed by atoms with Crippen LogP contribution in [0, 0.1) is 0 Å². The zero-order valence-corrected chi connectivity index (χ0v) is 13.7. The second-order valence-corrected chi connectivity index (χ2v) is 8.19. The van der Waals surface area contributed by atoms with Crippen LogP contribution in [-0.4, -0.2) is 38.7 Å². The Bertz CT molecular complexity index is 734. The highest BCUT2D eigenvalue weighted by Crippen LogP contribution is 2.20. The third-order valence-electron chi connectivity index (χ3n) is 4.42. The van der Waals surface area contributed by atoms with Crippen molar-refractivity contribution in [3.05, 3.63) is 42.5 Å². The van der Waals surface area contributed by atoms with E-state index in [4.69, 9.17) is 0 Å². The Balaban J connectivity index is 1.60. The van der Waals surface area contributed by atoms with Gasteiger partial charge in [0.2, 0.25) is 0 Å². The van der Waals surface area contributed by atoms with Crippen molar-refractivity contribution in [2.24, 2.45) is 0 Å². The molecule has 0 atom stereocenters. The van der Waals surface area contributed by atoms with E-state index in [1.807, 2.05) is 30.3 Å². The minimum atomic E-state index is -3.17. The van der Waals surface area contributed by atoms with Gasteiger partial charge in [-0.15, -0.1) is 0 Å². The van der Waals surface area contributed by atoms with Gasteiger partial charge in [-0.05, 0) is 68.2 Å². The van der Waals surface area contributed by atoms with Crippen molar-refractivity contribution in [2.45, 2.75) is 30.6 Å². The first-order valence-corrected chi connectivity index (χ1v) is 9.74. The summed E-state index contributed by atoms with van der Waals surface area (Å²) in [4.78, 5) is 2.88. The van der Waals surface area contributed by atoms with Gasteiger partial charge in [0.1, 0.15) is 0 Å². The lowest BCUT2D eigenvalue weighted by atomic mass is 10.1. The van der Waals surface area contributed by atoms with Crippen molar-refractivity contribution in [2.75, 3.05) is 25.4 Å². The molecule has 0 spiro atoms. The lowest BCUT2D eigenvalue weighted by Crippen LogP contribution is -2.21. The highest BCUT2D eigenvalue weighted by Gasteiger charge is 2.15. The lowest BCUT2D eigenvalue weighted by Gasteiger charge is -2.14. The average molecular weight is 317 g/mol. The molecule has 118 valence electrons. The Kier molecular flexibility index (Phi) is 4.79. The van der Waals surface area contributed by atoms with E-state index in [1.165, 1.54) is 25.9 Å². The predicted molar refractivity (Wildman–Crippen MR) is 90.9 cm³/mol. The van der Waals surface area contributed by atoms with E-state index in [-0.39, 0.29) is 5.75 Å². The third-order valence-corrected chi connectivity index (χ3v) is 6.21. The van der Waals surface area contributed by atoms with Crippen molar-refractivity contribution in [3.8, 4) is 0 Å². The molecule has 0 bridgehead atoms. The number of hydrogen-bond acceptors (Lipinski definition) is 3. The lowest BCUT2D eigenvalue weighted by molar-refractivity contribution is 0.332. The van der Waals surface area contributed by atoms with Crippen LogP contribution in [0.5, 0.6) is 0 Å². The highest BCUT2D eigenvalue weighted by molar-refractivity contribution is 7.91.